The van der Waals surface area contributed by atoms with Gasteiger partial charge in [-0.15, -0.1) is 0 Å². The second-order valence-corrected chi connectivity index (χ2v) is 16.0. The summed E-state index contributed by atoms with van der Waals surface area (Å²) in [7, 11) is 9.90. The number of carbonyl (C=O) groups excluding carboxylic acids is 1. The molecule has 0 aromatic carbocycles. The molecule has 0 aliphatic carbocycles. The van der Waals surface area contributed by atoms with Gasteiger partial charge in [-0.25, -0.2) is 34.4 Å². The first kappa shape index (κ1) is 62.6. The van der Waals surface area contributed by atoms with Gasteiger partial charge in [-0.1, -0.05) is 61.8 Å². The number of amides is 2. The second-order valence-electron chi connectivity index (χ2n) is 8.90. The van der Waals surface area contributed by atoms with Crippen molar-refractivity contribution in [2.75, 3.05) is 101 Å². The Bertz CT molecular complexity index is 719. The molecule has 0 radical (unpaired) electrons. The number of rotatable bonds is 3. The molecule has 15 heteroatoms. The monoisotopic (exact) mass is 649 g/mol. The highest BCUT2D eigenvalue weighted by Gasteiger charge is 2.01. The number of urea groups is 1. The number of hydrogen-bond acceptors (Lipinski definition) is 9. The molecule has 0 aliphatic heterocycles. The van der Waals surface area contributed by atoms with Crippen molar-refractivity contribution in [2.24, 2.45) is 0 Å². The predicted octanol–water partition coefficient (Wildman–Crippen LogP) is 2.98. The molecule has 0 saturated heterocycles. The fourth-order valence-electron chi connectivity index (χ4n) is 0.125. The first-order valence-corrected chi connectivity index (χ1v) is 18.5. The molecule has 0 bridgehead atoms. The Labute approximate surface area is 252 Å². The number of carbonyl (C=O) groups is 1. The highest BCUT2D eigenvalue weighted by atomic mass is 32.2. The molecule has 0 unspecified atom stereocenters. The molecule has 0 heterocycles. The zero-order valence-electron chi connectivity index (χ0n) is 28.8. The van der Waals surface area contributed by atoms with E-state index in [9.17, 15) is 30.0 Å². The third-order valence-electron chi connectivity index (χ3n) is 2.17. The normalized spacial score (nSPS) is 9.45. The van der Waals surface area contributed by atoms with E-state index in [1.807, 2.05) is 52.1 Å². The highest BCUT2D eigenvalue weighted by molar-refractivity contribution is 7.90. The summed E-state index contributed by atoms with van der Waals surface area (Å²) in [5, 5.41) is 4.73. The SMILES string of the molecule is C.CCC.CCC.CCS(C)(=O)=O.CCS(C)(=O)=O.CN(C)C.CN(C)C.CN(C)S(C)(=O)=O.CNC(=O)NC. The zero-order valence-corrected chi connectivity index (χ0v) is 31.2. The molecule has 0 spiro atoms. The number of nitrogens with one attached hydrogen (secondary N) is 2. The Balaban J connectivity index is -0.0000000398. The van der Waals surface area contributed by atoms with Gasteiger partial charge in [0.25, 0.3) is 0 Å². The summed E-state index contributed by atoms with van der Waals surface area (Å²) in [6.45, 7) is 11.7. The Morgan fingerprint density at radius 1 is 0.550 bits per heavy atom. The molecule has 0 aromatic heterocycles. The van der Waals surface area contributed by atoms with Gasteiger partial charge < -0.3 is 20.4 Å². The number of hydrogen-bond donors (Lipinski definition) is 2. The third-order valence-corrected chi connectivity index (χ3v) is 5.59. The fourth-order valence-corrected chi connectivity index (χ4v) is 0.125. The fraction of sp³-hybridized carbons (Fsp3) is 0.960. The van der Waals surface area contributed by atoms with Crippen molar-refractivity contribution in [3.63, 3.8) is 0 Å². The molecule has 0 aromatic rings. The maximum absolute atomic E-state index is 10.3. The van der Waals surface area contributed by atoms with Crippen LogP contribution in [0.2, 0.25) is 0 Å². The van der Waals surface area contributed by atoms with E-state index in [1.165, 1.54) is 39.4 Å². The Kier molecular flexibility index (Phi) is 66.4. The Hall–Kier alpha value is -1.00. The maximum Gasteiger partial charge on any atom is 0.314 e. The molecular formula is C25H71N5O7S3. The van der Waals surface area contributed by atoms with Crippen molar-refractivity contribution in [1.29, 1.82) is 0 Å². The van der Waals surface area contributed by atoms with Crippen molar-refractivity contribution < 1.29 is 30.0 Å². The van der Waals surface area contributed by atoms with Crippen LogP contribution < -0.4 is 10.6 Å². The van der Waals surface area contributed by atoms with Crippen molar-refractivity contribution in [2.45, 2.75) is 61.8 Å². The number of sulfone groups is 2. The number of sulfonamides is 1. The second kappa shape index (κ2) is 42.5. The minimum absolute atomic E-state index is 0. The summed E-state index contributed by atoms with van der Waals surface area (Å²) >= 11 is 0. The maximum atomic E-state index is 10.3. The molecule has 0 aliphatic rings. The van der Waals surface area contributed by atoms with Gasteiger partial charge in [0, 0.05) is 52.2 Å². The molecule has 0 fully saturated rings. The zero-order chi connectivity index (χ0) is 34.1. The highest BCUT2D eigenvalue weighted by Crippen LogP contribution is 1.83. The summed E-state index contributed by atoms with van der Waals surface area (Å²) in [6, 6.07) is -0.157. The van der Waals surface area contributed by atoms with E-state index in [2.05, 4.69) is 38.3 Å². The summed E-state index contributed by atoms with van der Waals surface area (Å²) in [5.41, 5.74) is 0. The molecule has 2 N–H and O–H groups in total. The van der Waals surface area contributed by atoms with E-state index in [-0.39, 0.29) is 25.0 Å². The van der Waals surface area contributed by atoms with Crippen LogP contribution in [-0.2, 0) is 29.7 Å². The van der Waals surface area contributed by atoms with Gasteiger partial charge in [-0.3, -0.25) is 0 Å². The predicted molar refractivity (Wildman–Crippen MR) is 181 cm³/mol. The van der Waals surface area contributed by atoms with Crippen LogP contribution in [0.3, 0.4) is 0 Å². The Morgan fingerprint density at radius 2 is 0.650 bits per heavy atom. The molecule has 256 valence electrons. The minimum atomic E-state index is -2.91. The van der Waals surface area contributed by atoms with Crippen molar-refractivity contribution >= 4 is 35.7 Å². The van der Waals surface area contributed by atoms with Crippen LogP contribution in [0, 0.1) is 0 Å². The van der Waals surface area contributed by atoms with Crippen LogP contribution in [0.5, 0.6) is 0 Å². The van der Waals surface area contributed by atoms with Crippen molar-refractivity contribution in [1.82, 2.24) is 24.7 Å². The van der Waals surface area contributed by atoms with Gasteiger partial charge in [0.05, 0.1) is 6.26 Å². The molecule has 2 amide bonds. The van der Waals surface area contributed by atoms with E-state index in [0.29, 0.717) is 0 Å². The first-order chi connectivity index (χ1) is 17.2. The van der Waals surface area contributed by atoms with Crippen LogP contribution >= 0.6 is 0 Å². The van der Waals surface area contributed by atoms with Gasteiger partial charge in [-0.05, 0) is 42.3 Å². The largest absolute Gasteiger partial charge is 0.341 e. The van der Waals surface area contributed by atoms with Gasteiger partial charge in [-0.2, -0.15) is 0 Å². The van der Waals surface area contributed by atoms with E-state index in [0.717, 1.165) is 10.6 Å². The molecule has 12 nitrogen and oxygen atoms in total. The summed E-state index contributed by atoms with van der Waals surface area (Å²) in [6.07, 6.45) is 6.09. The standard InChI is InChI=1S/C3H8N2O.C3H9NO2S.2C3H9N.2C3H8O2S.2C3H8.CH4/c1-4-3(6)5-2;1-4(2)7(3,5)6;2*1-4(2)3;2*1-3-6(2,4)5;2*1-3-2;/h1-2H3,(H2,4,5,6);1-3H3;2*1-3H3;2*3H2,1-2H3;2*3H2,1-2H3;1H4. The van der Waals surface area contributed by atoms with Gasteiger partial charge >= 0.3 is 6.03 Å². The third kappa shape index (κ3) is 213. The lowest BCUT2D eigenvalue weighted by atomic mass is 10.6. The topological polar surface area (TPSA) is 153 Å². The van der Waals surface area contributed by atoms with Crippen LogP contribution in [-0.4, -0.2) is 146 Å². The van der Waals surface area contributed by atoms with E-state index >= 15 is 0 Å². The van der Waals surface area contributed by atoms with Gasteiger partial charge in [0.1, 0.15) is 19.7 Å². The molecule has 0 saturated carbocycles. The number of nitrogens with zero attached hydrogens (tertiary/aromatic N) is 3. The lowest BCUT2D eigenvalue weighted by Gasteiger charge is -2.02. The first-order valence-electron chi connectivity index (χ1n) is 12.5. The van der Waals surface area contributed by atoms with Crippen molar-refractivity contribution in [3.8, 4) is 0 Å². The van der Waals surface area contributed by atoms with Crippen LogP contribution in [0.4, 0.5) is 4.79 Å². The molecular weight excluding hydrogens is 579 g/mol. The van der Waals surface area contributed by atoms with E-state index in [4.69, 9.17) is 0 Å². The van der Waals surface area contributed by atoms with E-state index in [1.54, 1.807) is 27.9 Å². The molecule has 0 atom stereocenters. The average Bonchev–Trinajstić information content (AvgIpc) is 2.73. The van der Waals surface area contributed by atoms with Crippen LogP contribution in [0.25, 0.3) is 0 Å². The average molecular weight is 650 g/mol. The van der Waals surface area contributed by atoms with Crippen molar-refractivity contribution in [3.05, 3.63) is 0 Å². The quantitative estimate of drug-likeness (QED) is 0.470. The van der Waals surface area contributed by atoms with Crippen LogP contribution in [0.15, 0.2) is 0 Å². The lowest BCUT2D eigenvalue weighted by Crippen LogP contribution is -2.28. The van der Waals surface area contributed by atoms with Crippen LogP contribution in [0.1, 0.15) is 61.8 Å². The minimum Gasteiger partial charge on any atom is -0.341 e. The Morgan fingerprint density at radius 3 is 0.650 bits per heavy atom. The summed E-state index contributed by atoms with van der Waals surface area (Å²) in [4.78, 5) is 14.0. The van der Waals surface area contributed by atoms with Gasteiger partial charge in [0.15, 0.2) is 0 Å². The summed E-state index contributed by atoms with van der Waals surface area (Å²) < 4.78 is 61.7. The smallest absolute Gasteiger partial charge is 0.314 e. The molecule has 40 heavy (non-hydrogen) atoms. The lowest BCUT2D eigenvalue weighted by molar-refractivity contribution is 0.245. The molecule has 0 rings (SSSR count). The summed E-state index contributed by atoms with van der Waals surface area (Å²) in [5.74, 6) is 0.486. The van der Waals surface area contributed by atoms with Gasteiger partial charge in [0.2, 0.25) is 10.0 Å². The van der Waals surface area contributed by atoms with E-state index < -0.39 is 29.7 Å².